The zero-order valence-corrected chi connectivity index (χ0v) is 15.7. The minimum atomic E-state index is -0.967. The largest absolute Gasteiger partial charge is 0.463 e. The van der Waals surface area contributed by atoms with Crippen molar-refractivity contribution in [3.05, 3.63) is 36.5 Å². The maximum Gasteiger partial charge on any atom is 0.305 e. The van der Waals surface area contributed by atoms with Gasteiger partial charge in [-0.3, -0.25) is 4.79 Å². The van der Waals surface area contributed by atoms with E-state index in [0.29, 0.717) is 6.42 Å². The predicted molar refractivity (Wildman–Crippen MR) is 103 cm³/mol. The van der Waals surface area contributed by atoms with Crippen LogP contribution in [0.2, 0.25) is 0 Å². The Morgan fingerprint density at radius 1 is 0.920 bits per heavy atom. The van der Waals surface area contributed by atoms with Crippen LogP contribution >= 0.6 is 0 Å². The molecule has 0 aromatic heterocycles. The van der Waals surface area contributed by atoms with Crippen LogP contribution in [0.15, 0.2) is 36.5 Å². The number of hydrogen-bond donors (Lipinski definition) is 2. The molecular formula is C21H36O4. The Morgan fingerprint density at radius 2 is 1.52 bits per heavy atom. The first kappa shape index (κ1) is 23.6. The summed E-state index contributed by atoms with van der Waals surface area (Å²) in [6, 6.07) is 0. The summed E-state index contributed by atoms with van der Waals surface area (Å²) in [7, 11) is 0. The summed E-state index contributed by atoms with van der Waals surface area (Å²) in [5.41, 5.74) is 0. The molecule has 0 aromatic rings. The van der Waals surface area contributed by atoms with Crippen molar-refractivity contribution >= 4 is 5.97 Å². The number of allylic oxidation sites excluding steroid dienone is 6. The molecule has 0 heterocycles. The number of carbonyl (C=O) groups is 1. The lowest BCUT2D eigenvalue weighted by atomic mass is 10.1. The number of esters is 1. The van der Waals surface area contributed by atoms with E-state index in [-0.39, 0.29) is 19.2 Å². The number of ether oxygens (including phenoxy) is 1. The normalized spacial score (nSPS) is 13.2. The summed E-state index contributed by atoms with van der Waals surface area (Å²) < 4.78 is 4.85. The van der Waals surface area contributed by atoms with Crippen molar-refractivity contribution < 1.29 is 19.7 Å². The third-order valence-electron chi connectivity index (χ3n) is 3.68. The molecule has 0 amide bonds. The second-order valence-corrected chi connectivity index (χ2v) is 6.12. The van der Waals surface area contributed by atoms with Crippen LogP contribution in [0.4, 0.5) is 0 Å². The highest BCUT2D eigenvalue weighted by molar-refractivity contribution is 5.69. The van der Waals surface area contributed by atoms with Gasteiger partial charge >= 0.3 is 5.97 Å². The third-order valence-corrected chi connectivity index (χ3v) is 3.68. The highest BCUT2D eigenvalue weighted by Crippen LogP contribution is 2.08. The van der Waals surface area contributed by atoms with E-state index in [2.05, 4.69) is 43.4 Å². The summed E-state index contributed by atoms with van der Waals surface area (Å²) in [5, 5.41) is 17.7. The Hall–Kier alpha value is -1.39. The fourth-order valence-corrected chi connectivity index (χ4v) is 2.20. The van der Waals surface area contributed by atoms with Gasteiger partial charge in [0.05, 0.1) is 6.61 Å². The summed E-state index contributed by atoms with van der Waals surface area (Å²) in [6.07, 6.45) is 22.3. The Kier molecular flexibility index (Phi) is 17.9. The van der Waals surface area contributed by atoms with Crippen molar-refractivity contribution in [3.8, 4) is 0 Å². The summed E-state index contributed by atoms with van der Waals surface area (Å²) in [4.78, 5) is 11.4. The van der Waals surface area contributed by atoms with Crippen molar-refractivity contribution in [3.63, 3.8) is 0 Å². The topological polar surface area (TPSA) is 66.8 Å². The van der Waals surface area contributed by atoms with Gasteiger partial charge in [0.1, 0.15) is 12.7 Å². The van der Waals surface area contributed by atoms with Gasteiger partial charge in [-0.15, -0.1) is 0 Å². The van der Waals surface area contributed by atoms with Gasteiger partial charge in [0.25, 0.3) is 0 Å². The van der Waals surface area contributed by atoms with Gasteiger partial charge in [0, 0.05) is 6.42 Å². The molecule has 0 aliphatic rings. The van der Waals surface area contributed by atoms with Gasteiger partial charge in [0.2, 0.25) is 0 Å². The second-order valence-electron chi connectivity index (χ2n) is 6.12. The number of unbranched alkanes of at least 4 members (excludes halogenated alkanes) is 5. The van der Waals surface area contributed by atoms with Gasteiger partial charge in [-0.05, 0) is 38.5 Å². The lowest BCUT2D eigenvalue weighted by Crippen LogP contribution is -2.21. The van der Waals surface area contributed by atoms with Gasteiger partial charge < -0.3 is 14.9 Å². The van der Waals surface area contributed by atoms with Gasteiger partial charge in [0.15, 0.2) is 0 Å². The van der Waals surface area contributed by atoms with Crippen molar-refractivity contribution in [1.82, 2.24) is 0 Å². The van der Waals surface area contributed by atoms with Crippen LogP contribution in [-0.2, 0) is 9.53 Å². The summed E-state index contributed by atoms with van der Waals surface area (Å²) in [5.74, 6) is -0.298. The standard InChI is InChI=1S/C21H36O4/c1-2-3-4-5-6-7-8-9-10-11-12-13-14-15-16-17-21(24)25-19-20(23)18-22/h3-4,6-7,9-10,20,22-23H,2,5,8,11-19H2,1H3/b4-3+,7-6+,10-9+/t20-/m0/s1. The molecule has 2 N–H and O–H groups in total. The molecule has 25 heavy (non-hydrogen) atoms. The van der Waals surface area contributed by atoms with Crippen molar-refractivity contribution in [2.75, 3.05) is 13.2 Å². The third kappa shape index (κ3) is 18.8. The molecule has 144 valence electrons. The first-order valence-corrected chi connectivity index (χ1v) is 9.60. The van der Waals surface area contributed by atoms with Crippen molar-refractivity contribution in [1.29, 1.82) is 0 Å². The zero-order valence-electron chi connectivity index (χ0n) is 15.7. The molecule has 0 rings (SSSR count). The number of aliphatic hydroxyl groups is 2. The lowest BCUT2D eigenvalue weighted by Gasteiger charge is -2.08. The molecule has 0 aromatic carbocycles. The van der Waals surface area contributed by atoms with E-state index in [1.807, 2.05) is 0 Å². The average Bonchev–Trinajstić information content (AvgIpc) is 2.62. The van der Waals surface area contributed by atoms with Crippen molar-refractivity contribution in [2.45, 2.75) is 77.2 Å². The highest BCUT2D eigenvalue weighted by Gasteiger charge is 2.07. The number of aliphatic hydroxyl groups excluding tert-OH is 2. The monoisotopic (exact) mass is 352 g/mol. The molecular weight excluding hydrogens is 316 g/mol. The maximum atomic E-state index is 11.4. The number of carbonyl (C=O) groups excluding carboxylic acids is 1. The molecule has 0 spiro atoms. The Labute approximate surface area is 153 Å². The fourth-order valence-electron chi connectivity index (χ4n) is 2.20. The van der Waals surface area contributed by atoms with Crippen molar-refractivity contribution in [2.24, 2.45) is 0 Å². The van der Waals surface area contributed by atoms with Crippen LogP contribution in [0.5, 0.6) is 0 Å². The van der Waals surface area contributed by atoms with E-state index < -0.39 is 6.10 Å². The minimum Gasteiger partial charge on any atom is -0.463 e. The average molecular weight is 353 g/mol. The summed E-state index contributed by atoms with van der Waals surface area (Å²) in [6.45, 7) is 1.64. The zero-order chi connectivity index (χ0) is 18.6. The predicted octanol–water partition coefficient (Wildman–Crippen LogP) is 4.47. The second kappa shape index (κ2) is 18.9. The highest BCUT2D eigenvalue weighted by atomic mass is 16.5. The Morgan fingerprint density at radius 3 is 2.20 bits per heavy atom. The molecule has 0 fully saturated rings. The smallest absolute Gasteiger partial charge is 0.305 e. The van der Waals surface area contributed by atoms with Gasteiger partial charge in [-0.2, -0.15) is 0 Å². The van der Waals surface area contributed by atoms with E-state index in [1.165, 1.54) is 12.8 Å². The van der Waals surface area contributed by atoms with E-state index in [0.717, 1.165) is 44.9 Å². The molecule has 0 saturated heterocycles. The van der Waals surface area contributed by atoms with Crippen LogP contribution in [0.1, 0.15) is 71.1 Å². The molecule has 0 aliphatic heterocycles. The lowest BCUT2D eigenvalue weighted by molar-refractivity contribution is -0.147. The molecule has 0 aliphatic carbocycles. The van der Waals surface area contributed by atoms with Gasteiger partial charge in [-0.25, -0.2) is 0 Å². The quantitative estimate of drug-likeness (QED) is 0.244. The minimum absolute atomic E-state index is 0.119. The van der Waals surface area contributed by atoms with Crippen LogP contribution in [-0.4, -0.2) is 35.5 Å². The number of hydrogen-bond acceptors (Lipinski definition) is 4. The van der Waals surface area contributed by atoms with E-state index in [9.17, 15) is 4.79 Å². The maximum absolute atomic E-state index is 11.4. The van der Waals surface area contributed by atoms with E-state index >= 15 is 0 Å². The van der Waals surface area contributed by atoms with Gasteiger partial charge in [-0.1, -0.05) is 62.6 Å². The molecule has 4 nitrogen and oxygen atoms in total. The molecule has 4 heteroatoms. The van der Waals surface area contributed by atoms with Crippen LogP contribution < -0.4 is 0 Å². The molecule has 0 saturated carbocycles. The van der Waals surface area contributed by atoms with Crippen LogP contribution in [0.25, 0.3) is 0 Å². The first-order valence-electron chi connectivity index (χ1n) is 9.60. The molecule has 0 bridgehead atoms. The first-order chi connectivity index (χ1) is 12.2. The van der Waals surface area contributed by atoms with Crippen LogP contribution in [0, 0.1) is 0 Å². The Bertz CT molecular complexity index is 385. The molecule has 1 atom stereocenters. The van der Waals surface area contributed by atoms with Crippen LogP contribution in [0.3, 0.4) is 0 Å². The molecule has 0 radical (unpaired) electrons. The fraction of sp³-hybridized carbons (Fsp3) is 0.667. The Balaban J connectivity index is 3.34. The number of rotatable bonds is 16. The van der Waals surface area contributed by atoms with E-state index in [4.69, 9.17) is 14.9 Å². The molecule has 0 unspecified atom stereocenters. The van der Waals surface area contributed by atoms with E-state index in [1.54, 1.807) is 0 Å². The summed E-state index contributed by atoms with van der Waals surface area (Å²) >= 11 is 0. The SMILES string of the molecule is CC/C=C/C/C=C/C/C=C/CCCCCCCC(=O)OC[C@@H](O)CO.